The molecule has 0 bridgehead atoms. The molecule has 1 saturated heterocycles. The van der Waals surface area contributed by atoms with E-state index in [2.05, 4.69) is 26.1 Å². The second-order valence-electron chi connectivity index (χ2n) is 5.81. The Morgan fingerprint density at radius 2 is 1.91 bits per heavy atom. The fraction of sp³-hybridized carbons (Fsp3) is 0.600. The number of halogens is 4. The van der Waals surface area contributed by atoms with Crippen molar-refractivity contribution >= 4 is 40.7 Å². The smallest absolute Gasteiger partial charge is 0.166 e. The van der Waals surface area contributed by atoms with Crippen LogP contribution < -0.4 is 5.32 Å². The minimum absolute atomic E-state index is 0. The van der Waals surface area contributed by atoms with Crippen LogP contribution in [0.15, 0.2) is 16.6 Å². The number of aromatic hydroxyl groups is 1. The highest BCUT2D eigenvalue weighted by Crippen LogP contribution is 2.43. The summed E-state index contributed by atoms with van der Waals surface area (Å²) >= 11 is 3.34. The lowest BCUT2D eigenvalue weighted by atomic mass is 9.97. The summed E-state index contributed by atoms with van der Waals surface area (Å²) in [7, 11) is 0. The number of hydrogen-bond donors (Lipinski definition) is 2. The quantitative estimate of drug-likeness (QED) is 0.783. The normalized spacial score (nSPS) is 19.9. The number of piperazine rings is 1. The molecule has 0 aromatic heterocycles. The van der Waals surface area contributed by atoms with Crippen molar-refractivity contribution in [2.24, 2.45) is 5.92 Å². The average molecular weight is 416 g/mol. The second kappa shape index (κ2) is 8.69. The maximum atomic E-state index is 13.8. The standard InChI is InChI=1S/C15H20BrFN2O.2ClH/c16-11-8-12(15(20)13(17)9-11)14(7-10-1-2-10)19-5-3-18-4-6-19;;/h8-10,14,18,20H,1-7H2;2*1H/t14-;;/m1../s1. The van der Waals surface area contributed by atoms with E-state index in [1.807, 2.05) is 6.07 Å². The lowest BCUT2D eigenvalue weighted by Gasteiger charge is -2.35. The zero-order valence-electron chi connectivity index (χ0n) is 12.2. The molecule has 1 atom stereocenters. The van der Waals surface area contributed by atoms with Crippen molar-refractivity contribution in [3.05, 3.63) is 28.0 Å². The van der Waals surface area contributed by atoms with E-state index in [4.69, 9.17) is 0 Å². The van der Waals surface area contributed by atoms with Crippen LogP contribution in [0.5, 0.6) is 5.75 Å². The molecule has 2 N–H and O–H groups in total. The molecule has 1 heterocycles. The summed E-state index contributed by atoms with van der Waals surface area (Å²) in [6, 6.07) is 3.31. The molecule has 7 heteroatoms. The summed E-state index contributed by atoms with van der Waals surface area (Å²) in [4.78, 5) is 2.37. The highest BCUT2D eigenvalue weighted by Gasteiger charge is 2.32. The van der Waals surface area contributed by atoms with Gasteiger partial charge >= 0.3 is 0 Å². The minimum atomic E-state index is -0.537. The lowest BCUT2D eigenvalue weighted by Crippen LogP contribution is -2.45. The number of benzene rings is 1. The number of nitrogens with zero attached hydrogens (tertiary/aromatic N) is 1. The molecule has 1 aliphatic heterocycles. The Hall–Kier alpha value is -0.0700. The molecule has 2 aliphatic rings. The topological polar surface area (TPSA) is 35.5 Å². The molecular weight excluding hydrogens is 394 g/mol. The van der Waals surface area contributed by atoms with Gasteiger partial charge in [0.15, 0.2) is 11.6 Å². The fourth-order valence-electron chi connectivity index (χ4n) is 2.98. The van der Waals surface area contributed by atoms with Gasteiger partial charge in [0.05, 0.1) is 0 Å². The van der Waals surface area contributed by atoms with Crippen LogP contribution in [0.1, 0.15) is 30.9 Å². The van der Waals surface area contributed by atoms with Crippen LogP contribution in [-0.2, 0) is 0 Å². The van der Waals surface area contributed by atoms with Gasteiger partial charge in [-0.25, -0.2) is 4.39 Å². The predicted octanol–water partition coefficient (Wildman–Crippen LogP) is 3.88. The molecule has 0 spiro atoms. The van der Waals surface area contributed by atoms with E-state index in [-0.39, 0.29) is 36.6 Å². The Morgan fingerprint density at radius 1 is 1.27 bits per heavy atom. The first-order chi connectivity index (χ1) is 9.65. The van der Waals surface area contributed by atoms with Gasteiger partial charge in [0, 0.05) is 42.3 Å². The fourth-order valence-corrected chi connectivity index (χ4v) is 3.42. The molecule has 3 rings (SSSR count). The molecule has 126 valence electrons. The average Bonchev–Trinajstić information content (AvgIpc) is 3.25. The predicted molar refractivity (Wildman–Crippen MR) is 94.8 cm³/mol. The van der Waals surface area contributed by atoms with E-state index in [9.17, 15) is 9.50 Å². The van der Waals surface area contributed by atoms with Gasteiger partial charge in [-0.3, -0.25) is 4.90 Å². The zero-order chi connectivity index (χ0) is 14.1. The Morgan fingerprint density at radius 3 is 2.50 bits per heavy atom. The SMILES string of the molecule is Cl.Cl.Oc1c(F)cc(Br)cc1[C@@H](CC1CC1)N1CCNCC1. The van der Waals surface area contributed by atoms with E-state index < -0.39 is 5.82 Å². The molecule has 3 nitrogen and oxygen atoms in total. The molecule has 1 aliphatic carbocycles. The number of rotatable bonds is 4. The van der Waals surface area contributed by atoms with Gasteiger partial charge in [-0.15, -0.1) is 24.8 Å². The van der Waals surface area contributed by atoms with Crippen molar-refractivity contribution in [3.63, 3.8) is 0 Å². The summed E-state index contributed by atoms with van der Waals surface area (Å²) in [5, 5.41) is 13.5. The molecule has 2 fully saturated rings. The van der Waals surface area contributed by atoms with Gasteiger partial charge in [0.2, 0.25) is 0 Å². The molecule has 1 aromatic carbocycles. The van der Waals surface area contributed by atoms with Crippen LogP contribution in [0.4, 0.5) is 4.39 Å². The van der Waals surface area contributed by atoms with Crippen LogP contribution in [0.25, 0.3) is 0 Å². The molecule has 0 unspecified atom stereocenters. The maximum Gasteiger partial charge on any atom is 0.166 e. The molecular formula is C15H22BrCl2FN2O. The third kappa shape index (κ3) is 4.71. The van der Waals surface area contributed by atoms with Crippen LogP contribution in [-0.4, -0.2) is 36.2 Å². The van der Waals surface area contributed by atoms with Crippen molar-refractivity contribution < 1.29 is 9.50 Å². The van der Waals surface area contributed by atoms with Crippen molar-refractivity contribution in [1.82, 2.24) is 10.2 Å². The van der Waals surface area contributed by atoms with Gasteiger partial charge in [-0.1, -0.05) is 28.8 Å². The van der Waals surface area contributed by atoms with E-state index in [1.54, 1.807) is 0 Å². The first-order valence-corrected chi connectivity index (χ1v) is 8.07. The molecule has 1 saturated carbocycles. The van der Waals surface area contributed by atoms with E-state index in [1.165, 1.54) is 18.9 Å². The van der Waals surface area contributed by atoms with Crippen molar-refractivity contribution in [2.45, 2.75) is 25.3 Å². The monoisotopic (exact) mass is 414 g/mol. The molecule has 1 aromatic rings. The number of hydrogen-bond acceptors (Lipinski definition) is 3. The third-order valence-corrected chi connectivity index (χ3v) is 4.72. The van der Waals surface area contributed by atoms with Gasteiger partial charge in [0.1, 0.15) is 0 Å². The van der Waals surface area contributed by atoms with E-state index >= 15 is 0 Å². The molecule has 0 radical (unpaired) electrons. The minimum Gasteiger partial charge on any atom is -0.505 e. The third-order valence-electron chi connectivity index (χ3n) is 4.26. The van der Waals surface area contributed by atoms with Crippen LogP contribution in [0.3, 0.4) is 0 Å². The first-order valence-electron chi connectivity index (χ1n) is 7.28. The maximum absolute atomic E-state index is 13.8. The number of phenolic OH excluding ortho intramolecular Hbond substituents is 1. The first kappa shape index (κ1) is 20.0. The Labute approximate surface area is 151 Å². The van der Waals surface area contributed by atoms with E-state index in [0.29, 0.717) is 4.47 Å². The molecule has 22 heavy (non-hydrogen) atoms. The number of phenols is 1. The van der Waals surface area contributed by atoms with Crippen LogP contribution in [0.2, 0.25) is 0 Å². The van der Waals surface area contributed by atoms with Gasteiger partial charge in [-0.05, 0) is 24.5 Å². The van der Waals surface area contributed by atoms with E-state index in [0.717, 1.165) is 44.1 Å². The lowest BCUT2D eigenvalue weighted by molar-refractivity contribution is 0.157. The number of nitrogens with one attached hydrogen (secondary N) is 1. The summed E-state index contributed by atoms with van der Waals surface area (Å²) in [5.41, 5.74) is 0.727. The summed E-state index contributed by atoms with van der Waals surface area (Å²) in [5.74, 6) is 0.0130. The largest absolute Gasteiger partial charge is 0.505 e. The molecule has 0 amide bonds. The van der Waals surface area contributed by atoms with Gasteiger partial charge in [0.25, 0.3) is 0 Å². The van der Waals surface area contributed by atoms with Gasteiger partial charge in [-0.2, -0.15) is 0 Å². The van der Waals surface area contributed by atoms with Gasteiger partial charge < -0.3 is 10.4 Å². The zero-order valence-corrected chi connectivity index (χ0v) is 15.4. The highest BCUT2D eigenvalue weighted by molar-refractivity contribution is 9.10. The summed E-state index contributed by atoms with van der Waals surface area (Å²) < 4.78 is 14.5. The highest BCUT2D eigenvalue weighted by atomic mass is 79.9. The Bertz CT molecular complexity index is 497. The summed E-state index contributed by atoms with van der Waals surface area (Å²) in [6.45, 7) is 3.81. The van der Waals surface area contributed by atoms with Crippen LogP contribution in [0, 0.1) is 11.7 Å². The Balaban J connectivity index is 0.00000121. The Kier molecular flexibility index (Phi) is 7.89. The van der Waals surface area contributed by atoms with Crippen molar-refractivity contribution in [2.75, 3.05) is 26.2 Å². The summed E-state index contributed by atoms with van der Waals surface area (Å²) in [6.07, 6.45) is 3.54. The van der Waals surface area contributed by atoms with Crippen LogP contribution >= 0.6 is 40.7 Å². The van der Waals surface area contributed by atoms with Crippen molar-refractivity contribution in [1.29, 1.82) is 0 Å². The second-order valence-corrected chi connectivity index (χ2v) is 6.72. The van der Waals surface area contributed by atoms with Crippen molar-refractivity contribution in [3.8, 4) is 5.75 Å².